The molecule has 0 aromatic carbocycles. The minimum absolute atomic E-state index is 0.0221. The quantitative estimate of drug-likeness (QED) is 0.744. The standard InChI is InChI=1S/C15H31N3O2S/c1-4-10-17(13(2)3)21(19,20)18-11-6-5-7-15(18)12-16-14-8-9-14/h13-16H,4-12H2,1-3H3. The fraction of sp³-hybridized carbons (Fsp3) is 1.00. The first-order valence-corrected chi connectivity index (χ1v) is 9.88. The molecule has 1 heterocycles. The summed E-state index contributed by atoms with van der Waals surface area (Å²) in [5.41, 5.74) is 0. The zero-order valence-electron chi connectivity index (χ0n) is 13.7. The van der Waals surface area contributed by atoms with E-state index in [1.54, 1.807) is 8.61 Å². The van der Waals surface area contributed by atoms with Crippen molar-refractivity contribution in [2.75, 3.05) is 19.6 Å². The number of hydrogen-bond donors (Lipinski definition) is 1. The zero-order valence-corrected chi connectivity index (χ0v) is 14.5. The molecule has 1 saturated carbocycles. The van der Waals surface area contributed by atoms with Gasteiger partial charge in [-0.1, -0.05) is 13.3 Å². The van der Waals surface area contributed by atoms with Crippen molar-refractivity contribution in [3.63, 3.8) is 0 Å². The normalized spacial score (nSPS) is 24.9. The SMILES string of the molecule is CCCN(C(C)C)S(=O)(=O)N1CCCCC1CNC1CC1. The van der Waals surface area contributed by atoms with Crippen LogP contribution in [-0.2, 0) is 10.2 Å². The van der Waals surface area contributed by atoms with Gasteiger partial charge in [0.25, 0.3) is 10.2 Å². The predicted octanol–water partition coefficient (Wildman–Crippen LogP) is 1.96. The molecular formula is C15H31N3O2S. The lowest BCUT2D eigenvalue weighted by Crippen LogP contribution is -2.55. The molecule has 2 fully saturated rings. The van der Waals surface area contributed by atoms with Crippen LogP contribution in [0, 0.1) is 0 Å². The van der Waals surface area contributed by atoms with Crippen molar-refractivity contribution in [2.45, 2.75) is 77.4 Å². The van der Waals surface area contributed by atoms with Gasteiger partial charge in [-0.2, -0.15) is 17.0 Å². The van der Waals surface area contributed by atoms with Crippen molar-refractivity contribution < 1.29 is 8.42 Å². The van der Waals surface area contributed by atoms with Gasteiger partial charge in [0.1, 0.15) is 0 Å². The van der Waals surface area contributed by atoms with Crippen molar-refractivity contribution in [3.8, 4) is 0 Å². The van der Waals surface area contributed by atoms with Crippen LogP contribution in [0.4, 0.5) is 0 Å². The second-order valence-corrected chi connectivity index (χ2v) is 8.49. The Morgan fingerprint density at radius 1 is 1.24 bits per heavy atom. The smallest absolute Gasteiger partial charge is 0.282 e. The summed E-state index contributed by atoms with van der Waals surface area (Å²) in [4.78, 5) is 0. The highest BCUT2D eigenvalue weighted by atomic mass is 32.2. The van der Waals surface area contributed by atoms with Crippen LogP contribution in [0.25, 0.3) is 0 Å². The predicted molar refractivity (Wildman–Crippen MR) is 86.4 cm³/mol. The van der Waals surface area contributed by atoms with Gasteiger partial charge in [0.15, 0.2) is 0 Å². The van der Waals surface area contributed by atoms with Crippen LogP contribution in [-0.4, -0.2) is 54.8 Å². The lowest BCUT2D eigenvalue weighted by atomic mass is 10.1. The molecular weight excluding hydrogens is 286 g/mol. The maximum atomic E-state index is 13.0. The molecule has 124 valence electrons. The summed E-state index contributed by atoms with van der Waals surface area (Å²) in [6.07, 6.45) is 6.45. The van der Waals surface area contributed by atoms with Gasteiger partial charge in [0.2, 0.25) is 0 Å². The summed E-state index contributed by atoms with van der Waals surface area (Å²) in [6.45, 7) is 8.06. The molecule has 1 atom stereocenters. The minimum atomic E-state index is -3.34. The van der Waals surface area contributed by atoms with Crippen LogP contribution >= 0.6 is 0 Å². The van der Waals surface area contributed by atoms with E-state index in [0.29, 0.717) is 19.1 Å². The summed E-state index contributed by atoms with van der Waals surface area (Å²) in [5, 5.41) is 3.50. The third-order valence-corrected chi connectivity index (χ3v) is 6.68. The van der Waals surface area contributed by atoms with Crippen LogP contribution < -0.4 is 5.32 Å². The number of rotatable bonds is 8. The van der Waals surface area contributed by atoms with Crippen LogP contribution in [0.3, 0.4) is 0 Å². The summed E-state index contributed by atoms with van der Waals surface area (Å²) < 4.78 is 29.5. The molecule has 1 aliphatic heterocycles. The monoisotopic (exact) mass is 317 g/mol. The highest BCUT2D eigenvalue weighted by molar-refractivity contribution is 7.86. The first-order chi connectivity index (χ1) is 9.96. The summed E-state index contributed by atoms with van der Waals surface area (Å²) in [5.74, 6) is 0. The average molecular weight is 317 g/mol. The van der Waals surface area contributed by atoms with Crippen molar-refractivity contribution >= 4 is 10.2 Å². The van der Waals surface area contributed by atoms with E-state index in [0.717, 1.165) is 32.2 Å². The molecule has 0 amide bonds. The molecule has 0 spiro atoms. The van der Waals surface area contributed by atoms with Crippen molar-refractivity contribution in [3.05, 3.63) is 0 Å². The Balaban J connectivity index is 2.08. The number of nitrogens with one attached hydrogen (secondary N) is 1. The number of hydrogen-bond acceptors (Lipinski definition) is 3. The highest BCUT2D eigenvalue weighted by Crippen LogP contribution is 2.25. The molecule has 21 heavy (non-hydrogen) atoms. The van der Waals surface area contributed by atoms with E-state index < -0.39 is 10.2 Å². The molecule has 0 radical (unpaired) electrons. The fourth-order valence-electron chi connectivity index (χ4n) is 3.07. The van der Waals surface area contributed by atoms with Gasteiger partial charge in [0, 0.05) is 37.8 Å². The molecule has 0 aromatic rings. The maximum absolute atomic E-state index is 13.0. The van der Waals surface area contributed by atoms with Gasteiger partial charge in [-0.3, -0.25) is 0 Å². The van der Waals surface area contributed by atoms with Crippen LogP contribution in [0.1, 0.15) is 59.3 Å². The van der Waals surface area contributed by atoms with Crippen LogP contribution in [0.2, 0.25) is 0 Å². The van der Waals surface area contributed by atoms with E-state index in [4.69, 9.17) is 0 Å². The maximum Gasteiger partial charge on any atom is 0.282 e. The van der Waals surface area contributed by atoms with E-state index in [-0.39, 0.29) is 12.1 Å². The molecule has 0 bridgehead atoms. The van der Waals surface area contributed by atoms with E-state index in [1.165, 1.54) is 12.8 Å². The Morgan fingerprint density at radius 2 is 1.95 bits per heavy atom. The largest absolute Gasteiger partial charge is 0.312 e. The summed E-state index contributed by atoms with van der Waals surface area (Å²) in [6, 6.07) is 0.782. The molecule has 1 N–H and O–H groups in total. The molecule has 0 aromatic heterocycles. The van der Waals surface area contributed by atoms with Gasteiger partial charge in [-0.25, -0.2) is 0 Å². The minimum Gasteiger partial charge on any atom is -0.312 e. The van der Waals surface area contributed by atoms with Gasteiger partial charge in [-0.05, 0) is 46.0 Å². The van der Waals surface area contributed by atoms with Crippen molar-refractivity contribution in [2.24, 2.45) is 0 Å². The molecule has 1 unspecified atom stereocenters. The van der Waals surface area contributed by atoms with E-state index in [1.807, 2.05) is 20.8 Å². The Labute approximate surface area is 130 Å². The van der Waals surface area contributed by atoms with Crippen LogP contribution in [0.5, 0.6) is 0 Å². The second kappa shape index (κ2) is 7.40. The number of nitrogens with zero attached hydrogens (tertiary/aromatic N) is 2. The van der Waals surface area contributed by atoms with E-state index >= 15 is 0 Å². The Hall–Kier alpha value is -0.170. The topological polar surface area (TPSA) is 52.7 Å². The third kappa shape index (κ3) is 4.41. The Bertz CT molecular complexity index is 421. The number of piperidine rings is 1. The lowest BCUT2D eigenvalue weighted by molar-refractivity contribution is 0.217. The fourth-order valence-corrected chi connectivity index (χ4v) is 5.20. The molecule has 6 heteroatoms. The third-order valence-electron chi connectivity index (χ3n) is 4.41. The second-order valence-electron chi connectivity index (χ2n) is 6.66. The van der Waals surface area contributed by atoms with Gasteiger partial charge in [-0.15, -0.1) is 0 Å². The molecule has 2 rings (SSSR count). The Morgan fingerprint density at radius 3 is 2.52 bits per heavy atom. The van der Waals surface area contributed by atoms with E-state index in [2.05, 4.69) is 5.32 Å². The van der Waals surface area contributed by atoms with Gasteiger partial charge >= 0.3 is 0 Å². The Kier molecular flexibility index (Phi) is 6.05. The summed E-state index contributed by atoms with van der Waals surface area (Å²) in [7, 11) is -3.34. The van der Waals surface area contributed by atoms with Gasteiger partial charge in [0.05, 0.1) is 0 Å². The van der Waals surface area contributed by atoms with Gasteiger partial charge < -0.3 is 5.32 Å². The summed E-state index contributed by atoms with van der Waals surface area (Å²) >= 11 is 0. The van der Waals surface area contributed by atoms with E-state index in [9.17, 15) is 8.42 Å². The van der Waals surface area contributed by atoms with Crippen molar-refractivity contribution in [1.82, 2.24) is 13.9 Å². The highest BCUT2D eigenvalue weighted by Gasteiger charge is 2.37. The first-order valence-electron chi connectivity index (χ1n) is 8.48. The van der Waals surface area contributed by atoms with Crippen molar-refractivity contribution in [1.29, 1.82) is 0 Å². The zero-order chi connectivity index (χ0) is 15.5. The first kappa shape index (κ1) is 17.2. The van der Waals surface area contributed by atoms with Crippen LogP contribution in [0.15, 0.2) is 0 Å². The lowest BCUT2D eigenvalue weighted by Gasteiger charge is -2.39. The molecule has 2 aliphatic rings. The average Bonchev–Trinajstić information content (AvgIpc) is 3.26. The molecule has 5 nitrogen and oxygen atoms in total. The molecule has 1 aliphatic carbocycles. The molecule has 1 saturated heterocycles.